The van der Waals surface area contributed by atoms with Gasteiger partial charge in [0, 0.05) is 18.0 Å². The standard InChI is InChI=1S/C17H23NO3S/c1-12-8-14(20-3)15(21-4)9-13(12)10-18-11-17(2,19)16-6-5-7-22-16/h5-9,18-19H,10-11H2,1-4H3. The topological polar surface area (TPSA) is 50.7 Å². The summed E-state index contributed by atoms with van der Waals surface area (Å²) in [6, 6.07) is 7.84. The number of ether oxygens (including phenoxy) is 2. The van der Waals surface area contributed by atoms with Gasteiger partial charge in [0.2, 0.25) is 0 Å². The van der Waals surface area contributed by atoms with E-state index in [1.165, 1.54) is 0 Å². The van der Waals surface area contributed by atoms with Gasteiger partial charge in [0.15, 0.2) is 11.5 Å². The molecule has 0 saturated carbocycles. The second-order valence-corrected chi connectivity index (χ2v) is 6.44. The number of methoxy groups -OCH3 is 2. The monoisotopic (exact) mass is 321 g/mol. The number of thiophene rings is 1. The summed E-state index contributed by atoms with van der Waals surface area (Å²) >= 11 is 1.56. The minimum absolute atomic E-state index is 0.487. The fraction of sp³-hybridized carbons (Fsp3) is 0.412. The quantitative estimate of drug-likeness (QED) is 0.823. The van der Waals surface area contributed by atoms with Crippen LogP contribution in [-0.2, 0) is 12.1 Å². The highest BCUT2D eigenvalue weighted by Gasteiger charge is 2.23. The minimum Gasteiger partial charge on any atom is -0.493 e. The van der Waals surface area contributed by atoms with Crippen molar-refractivity contribution in [3.05, 3.63) is 45.6 Å². The average molecular weight is 321 g/mol. The predicted octanol–water partition coefficient (Wildman–Crippen LogP) is 3.07. The van der Waals surface area contributed by atoms with Crippen molar-refractivity contribution >= 4 is 11.3 Å². The molecule has 1 unspecified atom stereocenters. The molecule has 0 aliphatic rings. The Hall–Kier alpha value is -1.56. The largest absolute Gasteiger partial charge is 0.493 e. The summed E-state index contributed by atoms with van der Waals surface area (Å²) in [7, 11) is 3.26. The predicted molar refractivity (Wildman–Crippen MR) is 89.9 cm³/mol. The molecule has 4 nitrogen and oxygen atoms in total. The van der Waals surface area contributed by atoms with Crippen LogP contribution >= 0.6 is 11.3 Å². The van der Waals surface area contributed by atoms with Crippen LogP contribution in [0.25, 0.3) is 0 Å². The van der Waals surface area contributed by atoms with Gasteiger partial charge in [0.1, 0.15) is 5.60 Å². The number of benzene rings is 1. The Bertz CT molecular complexity index is 609. The van der Waals surface area contributed by atoms with Gasteiger partial charge in [0.05, 0.1) is 14.2 Å². The molecule has 1 heterocycles. The molecule has 2 rings (SSSR count). The lowest BCUT2D eigenvalue weighted by Gasteiger charge is -2.23. The molecular formula is C17H23NO3S. The molecule has 1 aromatic carbocycles. The summed E-state index contributed by atoms with van der Waals surface area (Å²) in [6.45, 7) is 5.01. The fourth-order valence-corrected chi connectivity index (χ4v) is 3.11. The molecule has 1 atom stereocenters. The lowest BCUT2D eigenvalue weighted by Crippen LogP contribution is -2.34. The molecule has 0 amide bonds. The fourth-order valence-electron chi connectivity index (χ4n) is 2.33. The van der Waals surface area contributed by atoms with Gasteiger partial charge in [-0.25, -0.2) is 0 Å². The van der Waals surface area contributed by atoms with Gasteiger partial charge in [-0.05, 0) is 48.6 Å². The molecule has 2 N–H and O–H groups in total. The van der Waals surface area contributed by atoms with E-state index < -0.39 is 5.60 Å². The molecule has 0 fully saturated rings. The summed E-state index contributed by atoms with van der Waals surface area (Å²) in [5, 5.41) is 15.8. The van der Waals surface area contributed by atoms with E-state index in [0.717, 1.165) is 27.5 Å². The second kappa shape index (κ2) is 7.13. The number of hydrogen-bond donors (Lipinski definition) is 2. The van der Waals surface area contributed by atoms with Crippen LogP contribution in [0.2, 0.25) is 0 Å². The molecule has 0 aliphatic carbocycles. The van der Waals surface area contributed by atoms with Crippen molar-refractivity contribution in [2.24, 2.45) is 0 Å². The van der Waals surface area contributed by atoms with Crippen molar-refractivity contribution in [3.8, 4) is 11.5 Å². The van der Waals surface area contributed by atoms with Gasteiger partial charge in [-0.3, -0.25) is 0 Å². The number of aliphatic hydroxyl groups is 1. The zero-order valence-electron chi connectivity index (χ0n) is 13.5. The Morgan fingerprint density at radius 1 is 1.23 bits per heavy atom. The van der Waals surface area contributed by atoms with Crippen molar-refractivity contribution < 1.29 is 14.6 Å². The normalized spacial score (nSPS) is 13.7. The van der Waals surface area contributed by atoms with Crippen molar-refractivity contribution in [1.82, 2.24) is 5.32 Å². The molecular weight excluding hydrogens is 298 g/mol. The third-order valence-electron chi connectivity index (χ3n) is 3.68. The lowest BCUT2D eigenvalue weighted by molar-refractivity contribution is 0.0604. The first-order chi connectivity index (χ1) is 10.5. The van der Waals surface area contributed by atoms with Crippen molar-refractivity contribution in [2.75, 3.05) is 20.8 Å². The molecule has 1 aromatic heterocycles. The molecule has 120 valence electrons. The van der Waals surface area contributed by atoms with Gasteiger partial charge in [0.25, 0.3) is 0 Å². The Morgan fingerprint density at radius 3 is 2.50 bits per heavy atom. The zero-order chi connectivity index (χ0) is 16.2. The Kier molecular flexibility index (Phi) is 5.45. The maximum atomic E-state index is 10.5. The van der Waals surface area contributed by atoms with Crippen molar-refractivity contribution in [3.63, 3.8) is 0 Å². The maximum Gasteiger partial charge on any atom is 0.161 e. The maximum absolute atomic E-state index is 10.5. The van der Waals surface area contributed by atoms with Gasteiger partial charge in [-0.2, -0.15) is 0 Å². The van der Waals surface area contributed by atoms with Crippen molar-refractivity contribution in [1.29, 1.82) is 0 Å². The van der Waals surface area contributed by atoms with E-state index in [4.69, 9.17) is 9.47 Å². The first-order valence-electron chi connectivity index (χ1n) is 7.16. The van der Waals surface area contributed by atoms with Crippen LogP contribution in [-0.4, -0.2) is 25.9 Å². The van der Waals surface area contributed by atoms with E-state index >= 15 is 0 Å². The molecule has 0 bridgehead atoms. The van der Waals surface area contributed by atoms with E-state index in [9.17, 15) is 5.11 Å². The number of aryl methyl sites for hydroxylation is 1. The highest BCUT2D eigenvalue weighted by atomic mass is 32.1. The van der Waals surface area contributed by atoms with Crippen LogP contribution in [0.15, 0.2) is 29.6 Å². The molecule has 5 heteroatoms. The van der Waals surface area contributed by atoms with Crippen LogP contribution in [0.1, 0.15) is 22.9 Å². The molecule has 0 saturated heterocycles. The second-order valence-electron chi connectivity index (χ2n) is 5.49. The third kappa shape index (κ3) is 3.80. The van der Waals surface area contributed by atoms with Crippen LogP contribution in [0.4, 0.5) is 0 Å². The highest BCUT2D eigenvalue weighted by Crippen LogP contribution is 2.30. The average Bonchev–Trinajstić information content (AvgIpc) is 3.03. The van der Waals surface area contributed by atoms with Gasteiger partial charge in [-0.1, -0.05) is 6.07 Å². The molecule has 22 heavy (non-hydrogen) atoms. The summed E-state index contributed by atoms with van der Waals surface area (Å²) in [4.78, 5) is 0.962. The first kappa shape index (κ1) is 16.8. The lowest BCUT2D eigenvalue weighted by atomic mass is 10.0. The van der Waals surface area contributed by atoms with E-state index in [-0.39, 0.29) is 0 Å². The summed E-state index contributed by atoms with van der Waals surface area (Å²) in [5.74, 6) is 1.45. The van der Waals surface area contributed by atoms with E-state index in [0.29, 0.717) is 13.1 Å². The van der Waals surface area contributed by atoms with Crippen LogP contribution in [0.3, 0.4) is 0 Å². The number of nitrogens with one attached hydrogen (secondary N) is 1. The summed E-state index contributed by atoms with van der Waals surface area (Å²) in [6.07, 6.45) is 0. The summed E-state index contributed by atoms with van der Waals surface area (Å²) in [5.41, 5.74) is 1.39. The minimum atomic E-state index is -0.862. The molecule has 2 aromatic rings. The van der Waals surface area contributed by atoms with Crippen LogP contribution < -0.4 is 14.8 Å². The molecule has 0 radical (unpaired) electrons. The van der Waals surface area contributed by atoms with Crippen LogP contribution in [0, 0.1) is 6.92 Å². The zero-order valence-corrected chi connectivity index (χ0v) is 14.3. The molecule has 0 aliphatic heterocycles. The Balaban J connectivity index is 2.03. The van der Waals surface area contributed by atoms with E-state index in [1.807, 2.05) is 43.5 Å². The third-order valence-corrected chi connectivity index (χ3v) is 4.80. The van der Waals surface area contributed by atoms with Gasteiger partial charge >= 0.3 is 0 Å². The number of rotatable bonds is 7. The van der Waals surface area contributed by atoms with Crippen LogP contribution in [0.5, 0.6) is 11.5 Å². The Labute approximate surface area is 135 Å². The van der Waals surface area contributed by atoms with Gasteiger partial charge in [-0.15, -0.1) is 11.3 Å². The Morgan fingerprint density at radius 2 is 1.91 bits per heavy atom. The number of hydrogen-bond acceptors (Lipinski definition) is 5. The van der Waals surface area contributed by atoms with E-state index in [1.54, 1.807) is 25.6 Å². The molecule has 0 spiro atoms. The van der Waals surface area contributed by atoms with Gasteiger partial charge < -0.3 is 19.9 Å². The smallest absolute Gasteiger partial charge is 0.161 e. The highest BCUT2D eigenvalue weighted by molar-refractivity contribution is 7.10. The SMILES string of the molecule is COc1cc(C)c(CNCC(C)(O)c2cccs2)cc1OC. The van der Waals surface area contributed by atoms with E-state index in [2.05, 4.69) is 5.32 Å². The van der Waals surface area contributed by atoms with Crippen molar-refractivity contribution in [2.45, 2.75) is 26.0 Å². The summed E-state index contributed by atoms with van der Waals surface area (Å²) < 4.78 is 10.6. The first-order valence-corrected chi connectivity index (χ1v) is 8.04.